The molecule has 0 aliphatic carbocycles. The summed E-state index contributed by atoms with van der Waals surface area (Å²) in [7, 11) is 0. The Hall–Kier alpha value is -2.73. The molecule has 3 aliphatic heterocycles. The van der Waals surface area contributed by atoms with E-state index in [1.807, 2.05) is 25.1 Å². The largest absolute Gasteiger partial charge is 0.326 e. The molecule has 3 aliphatic rings. The number of fused-ring (bicyclic) bond motifs is 4. The Morgan fingerprint density at radius 2 is 2.04 bits per heavy atom. The number of aryl methyl sites for hydroxylation is 1. The highest BCUT2D eigenvalue weighted by Crippen LogP contribution is 2.55. The van der Waals surface area contributed by atoms with E-state index in [1.54, 1.807) is 12.1 Å². The van der Waals surface area contributed by atoms with E-state index in [4.69, 9.17) is 0 Å². The number of carbonyl (C=O) groups is 2. The van der Waals surface area contributed by atoms with Crippen LogP contribution >= 0.6 is 0 Å². The van der Waals surface area contributed by atoms with Gasteiger partial charge in [-0.25, -0.2) is 4.39 Å². The minimum Gasteiger partial charge on any atom is -0.326 e. The van der Waals surface area contributed by atoms with Crippen LogP contribution in [0.5, 0.6) is 0 Å². The van der Waals surface area contributed by atoms with Crippen molar-refractivity contribution < 1.29 is 14.0 Å². The summed E-state index contributed by atoms with van der Waals surface area (Å²) in [6.45, 7) is 2.81. The summed E-state index contributed by atoms with van der Waals surface area (Å²) >= 11 is 0. The molecule has 2 aromatic carbocycles. The van der Waals surface area contributed by atoms with E-state index in [1.165, 1.54) is 12.1 Å². The third kappa shape index (κ3) is 2.34. The Labute approximate surface area is 162 Å². The van der Waals surface area contributed by atoms with Crippen LogP contribution in [0.3, 0.4) is 0 Å². The molecule has 5 nitrogen and oxygen atoms in total. The van der Waals surface area contributed by atoms with Gasteiger partial charge in [-0.15, -0.1) is 0 Å². The van der Waals surface area contributed by atoms with Crippen molar-refractivity contribution in [2.45, 2.75) is 37.8 Å². The lowest BCUT2D eigenvalue weighted by Gasteiger charge is -2.36. The van der Waals surface area contributed by atoms with Crippen LogP contribution in [0.2, 0.25) is 0 Å². The average Bonchev–Trinajstić information content (AvgIpc) is 3.32. The average molecular weight is 379 g/mol. The molecule has 5 rings (SSSR count). The fourth-order valence-electron chi connectivity index (χ4n) is 5.30. The fourth-order valence-corrected chi connectivity index (χ4v) is 5.30. The van der Waals surface area contributed by atoms with E-state index < -0.39 is 11.5 Å². The van der Waals surface area contributed by atoms with Crippen LogP contribution in [-0.2, 0) is 15.1 Å². The molecule has 144 valence electrons. The fraction of sp³-hybridized carbons (Fsp3) is 0.364. The molecule has 2 aromatic rings. The Morgan fingerprint density at radius 1 is 1.25 bits per heavy atom. The lowest BCUT2D eigenvalue weighted by Crippen LogP contribution is -2.53. The summed E-state index contributed by atoms with van der Waals surface area (Å²) in [6, 6.07) is 11.9. The van der Waals surface area contributed by atoms with Gasteiger partial charge in [0.15, 0.2) is 0 Å². The van der Waals surface area contributed by atoms with E-state index >= 15 is 0 Å². The van der Waals surface area contributed by atoms with Crippen molar-refractivity contribution in [3.63, 3.8) is 0 Å². The van der Waals surface area contributed by atoms with Gasteiger partial charge in [0.1, 0.15) is 11.4 Å². The first-order valence-electron chi connectivity index (χ1n) is 9.76. The van der Waals surface area contributed by atoms with Gasteiger partial charge in [0.2, 0.25) is 11.8 Å². The first kappa shape index (κ1) is 17.4. The second-order valence-electron chi connectivity index (χ2n) is 8.04. The third-order valence-corrected chi connectivity index (χ3v) is 6.45. The van der Waals surface area contributed by atoms with Crippen molar-refractivity contribution in [2.75, 3.05) is 17.2 Å². The minimum atomic E-state index is -0.966. The number of benzene rings is 2. The summed E-state index contributed by atoms with van der Waals surface area (Å²) < 4.78 is 13.2. The van der Waals surface area contributed by atoms with Gasteiger partial charge in [-0.05, 0) is 63.1 Å². The van der Waals surface area contributed by atoms with E-state index in [-0.39, 0.29) is 23.7 Å². The number of nitrogens with one attached hydrogen (secondary N) is 2. The highest BCUT2D eigenvalue weighted by Gasteiger charge is 2.65. The SMILES string of the molecule is Cc1ccc2c(c1)[C@]1(C(=O)N2)[C@H](C(=O)Nc2ccc(F)cc2)C[C@H]2CCCN21. The van der Waals surface area contributed by atoms with Crippen LogP contribution < -0.4 is 10.6 Å². The zero-order valence-corrected chi connectivity index (χ0v) is 15.7. The van der Waals surface area contributed by atoms with Gasteiger partial charge in [0.05, 0.1) is 5.92 Å². The van der Waals surface area contributed by atoms with Crippen LogP contribution in [0.4, 0.5) is 15.8 Å². The number of rotatable bonds is 2. The molecule has 0 aromatic heterocycles. The smallest absolute Gasteiger partial charge is 0.250 e. The zero-order valence-electron chi connectivity index (χ0n) is 15.7. The van der Waals surface area contributed by atoms with Crippen LogP contribution in [-0.4, -0.2) is 29.3 Å². The summed E-state index contributed by atoms with van der Waals surface area (Å²) in [4.78, 5) is 28.9. The monoisotopic (exact) mass is 379 g/mol. The van der Waals surface area contributed by atoms with Gasteiger partial charge in [-0.2, -0.15) is 0 Å². The summed E-state index contributed by atoms with van der Waals surface area (Å²) in [5.74, 6) is -1.15. The van der Waals surface area contributed by atoms with Gasteiger partial charge in [-0.3, -0.25) is 14.5 Å². The first-order chi connectivity index (χ1) is 13.5. The van der Waals surface area contributed by atoms with Crippen LogP contribution in [0.1, 0.15) is 30.4 Å². The molecular weight excluding hydrogens is 357 g/mol. The van der Waals surface area contributed by atoms with Crippen molar-refractivity contribution in [1.82, 2.24) is 4.90 Å². The van der Waals surface area contributed by atoms with Crippen molar-refractivity contribution in [3.05, 3.63) is 59.4 Å². The predicted octanol–water partition coefficient (Wildman–Crippen LogP) is 3.40. The van der Waals surface area contributed by atoms with E-state index in [0.717, 1.165) is 36.2 Å². The van der Waals surface area contributed by atoms with Crippen molar-refractivity contribution >= 4 is 23.2 Å². The van der Waals surface area contributed by atoms with Crippen LogP contribution in [0.15, 0.2) is 42.5 Å². The Balaban J connectivity index is 1.58. The van der Waals surface area contributed by atoms with Gasteiger partial charge >= 0.3 is 0 Å². The second kappa shape index (κ2) is 6.14. The number of nitrogens with zero attached hydrogens (tertiary/aromatic N) is 1. The normalized spacial score (nSPS) is 28.3. The molecular formula is C22H22FN3O2. The summed E-state index contributed by atoms with van der Waals surface area (Å²) in [5, 5.41) is 5.92. The van der Waals surface area contributed by atoms with Gasteiger partial charge in [0, 0.05) is 23.0 Å². The highest BCUT2D eigenvalue weighted by atomic mass is 19.1. The zero-order chi connectivity index (χ0) is 19.5. The quantitative estimate of drug-likeness (QED) is 0.841. The number of carbonyl (C=O) groups excluding carboxylic acids is 2. The number of anilines is 2. The van der Waals surface area contributed by atoms with Crippen molar-refractivity contribution in [2.24, 2.45) is 5.92 Å². The maximum Gasteiger partial charge on any atom is 0.250 e. The topological polar surface area (TPSA) is 61.4 Å². The standard InChI is InChI=1S/C22H22FN3O2/c1-13-4-9-19-17(11-13)22(21(28)25-19)18(12-16-3-2-10-26(16)22)20(27)24-15-7-5-14(23)6-8-15/h4-9,11,16,18H,2-3,10,12H2,1H3,(H,24,27)(H,25,28)/t16-,18+,22-/m1/s1. The molecule has 2 N–H and O–H groups in total. The van der Waals surface area contributed by atoms with E-state index in [0.29, 0.717) is 12.1 Å². The Morgan fingerprint density at radius 3 is 2.82 bits per heavy atom. The number of hydrogen-bond acceptors (Lipinski definition) is 3. The molecule has 0 radical (unpaired) electrons. The van der Waals surface area contributed by atoms with Gasteiger partial charge in [-0.1, -0.05) is 17.7 Å². The maximum atomic E-state index is 13.3. The van der Waals surface area contributed by atoms with Crippen LogP contribution in [0.25, 0.3) is 0 Å². The summed E-state index contributed by atoms with van der Waals surface area (Å²) in [5.41, 5.74) is 2.34. The number of halogens is 1. The predicted molar refractivity (Wildman–Crippen MR) is 104 cm³/mol. The third-order valence-electron chi connectivity index (χ3n) is 6.45. The maximum absolute atomic E-state index is 13.3. The van der Waals surface area contributed by atoms with Gasteiger partial charge in [0.25, 0.3) is 0 Å². The molecule has 0 bridgehead atoms. The van der Waals surface area contributed by atoms with Gasteiger partial charge < -0.3 is 10.6 Å². The Bertz CT molecular complexity index is 974. The number of hydrogen-bond donors (Lipinski definition) is 2. The Kier molecular flexibility index (Phi) is 3.81. The van der Waals surface area contributed by atoms with Crippen molar-refractivity contribution in [3.8, 4) is 0 Å². The number of amides is 2. The molecule has 0 unspecified atom stereocenters. The minimum absolute atomic E-state index is 0.114. The lowest BCUT2D eigenvalue weighted by molar-refractivity contribution is -0.135. The second-order valence-corrected chi connectivity index (χ2v) is 8.04. The van der Waals surface area contributed by atoms with E-state index in [9.17, 15) is 14.0 Å². The van der Waals surface area contributed by atoms with Crippen LogP contribution in [0, 0.1) is 18.7 Å². The molecule has 2 amide bonds. The molecule has 2 saturated heterocycles. The van der Waals surface area contributed by atoms with E-state index in [2.05, 4.69) is 15.5 Å². The first-order valence-corrected chi connectivity index (χ1v) is 9.76. The molecule has 3 heterocycles. The molecule has 1 spiro atoms. The molecule has 0 saturated carbocycles. The molecule has 6 heteroatoms. The molecule has 2 fully saturated rings. The van der Waals surface area contributed by atoms with Crippen molar-refractivity contribution in [1.29, 1.82) is 0 Å². The summed E-state index contributed by atoms with van der Waals surface area (Å²) in [6.07, 6.45) is 2.68. The highest BCUT2D eigenvalue weighted by molar-refractivity contribution is 6.10. The molecule has 28 heavy (non-hydrogen) atoms. The lowest BCUT2D eigenvalue weighted by atomic mass is 9.78. The molecule has 3 atom stereocenters.